The molecule has 1 aromatic carbocycles. The van der Waals surface area contributed by atoms with Crippen molar-refractivity contribution in [1.29, 1.82) is 0 Å². The van der Waals surface area contributed by atoms with Gasteiger partial charge in [0.2, 0.25) is 23.6 Å². The summed E-state index contributed by atoms with van der Waals surface area (Å²) >= 11 is 0. The van der Waals surface area contributed by atoms with Gasteiger partial charge < -0.3 is 25.0 Å². The molecule has 2 aromatic rings. The van der Waals surface area contributed by atoms with Crippen LogP contribution < -0.4 is 10.6 Å². The number of methoxy groups -OCH3 is 1. The topological polar surface area (TPSA) is 225 Å². The number of benzene rings is 1. The number of allylic oxidation sites excluding steroid dienone is 2. The van der Waals surface area contributed by atoms with E-state index in [9.17, 15) is 38.9 Å². The van der Waals surface area contributed by atoms with E-state index in [1.165, 1.54) is 46.0 Å². The third kappa shape index (κ3) is 7.80. The first kappa shape index (κ1) is 34.8. The van der Waals surface area contributed by atoms with Crippen molar-refractivity contribution in [2.75, 3.05) is 33.4 Å². The number of likely N-dealkylation sites (tertiary alicyclic amines) is 1. The van der Waals surface area contributed by atoms with Gasteiger partial charge in [0.25, 0.3) is 11.6 Å². The highest BCUT2D eigenvalue weighted by atomic mass is 16.6. The average Bonchev–Trinajstić information content (AvgIpc) is 3.86. The van der Waals surface area contributed by atoms with Gasteiger partial charge in [-0.25, -0.2) is 4.68 Å². The molecule has 2 aliphatic carbocycles. The lowest BCUT2D eigenvalue weighted by atomic mass is 9.85. The van der Waals surface area contributed by atoms with Crippen molar-refractivity contribution in [2.24, 2.45) is 23.7 Å². The number of para-hydroxylation sites is 1. The maximum Gasteiger partial charge on any atom is 0.302 e. The summed E-state index contributed by atoms with van der Waals surface area (Å²) in [7, 11) is 1.48. The first-order chi connectivity index (χ1) is 23.5. The van der Waals surface area contributed by atoms with Gasteiger partial charge in [-0.1, -0.05) is 23.4 Å². The Hall–Kier alpha value is -5.52. The van der Waals surface area contributed by atoms with Crippen LogP contribution in [0.4, 0.5) is 5.69 Å². The number of carbonyl (C=O) groups excluding carboxylic acids is 6. The standard InChI is InChI=1S/C31H36N8O10/c1-18(40)49-16-21-4-3-5-23(28(21)39(46)47)29(43)33-17-37-15-22(34-35-37)14-36(25(42)13-24(41)32-8-11-48-2)9-10-38-30(44)26-19-6-7-20(12-19)27(26)31(38)45/h3-7,15,19-20,26-27H,8-14,16-17H2,1-2H3,(H,32,41)(H,33,43). The predicted octanol–water partition coefficient (Wildman–Crippen LogP) is -0.0747. The van der Waals surface area contributed by atoms with E-state index in [4.69, 9.17) is 9.47 Å². The summed E-state index contributed by atoms with van der Waals surface area (Å²) in [5.41, 5.74) is -0.453. The zero-order valence-corrected chi connectivity index (χ0v) is 26.9. The molecule has 2 heterocycles. The lowest BCUT2D eigenvalue weighted by Gasteiger charge is -2.25. The maximum absolute atomic E-state index is 13.3. The van der Waals surface area contributed by atoms with Crippen LogP contribution in [-0.2, 0) is 53.3 Å². The number of amides is 5. The van der Waals surface area contributed by atoms with Gasteiger partial charge in [0, 0.05) is 33.7 Å². The van der Waals surface area contributed by atoms with Gasteiger partial charge >= 0.3 is 5.97 Å². The molecule has 0 spiro atoms. The molecule has 1 aromatic heterocycles. The molecule has 4 unspecified atom stereocenters. The molecule has 3 aliphatic rings. The second-order valence-electron chi connectivity index (χ2n) is 11.9. The van der Waals surface area contributed by atoms with Gasteiger partial charge in [-0.2, -0.15) is 0 Å². The van der Waals surface area contributed by atoms with E-state index in [0.717, 1.165) is 13.3 Å². The lowest BCUT2D eigenvalue weighted by molar-refractivity contribution is -0.386. The molecule has 260 valence electrons. The van der Waals surface area contributed by atoms with E-state index in [2.05, 4.69) is 20.9 Å². The molecule has 4 atom stereocenters. The number of nitrogens with zero attached hydrogens (tertiary/aromatic N) is 6. The number of nitrogens with one attached hydrogen (secondary N) is 2. The summed E-state index contributed by atoms with van der Waals surface area (Å²) < 4.78 is 11.0. The summed E-state index contributed by atoms with van der Waals surface area (Å²) in [5.74, 6) is -3.73. The highest BCUT2D eigenvalue weighted by molar-refractivity contribution is 6.06. The first-order valence-electron chi connectivity index (χ1n) is 15.6. The molecule has 1 saturated heterocycles. The summed E-state index contributed by atoms with van der Waals surface area (Å²) in [4.78, 5) is 89.8. The van der Waals surface area contributed by atoms with Crippen LogP contribution in [0.2, 0.25) is 0 Å². The molecule has 2 bridgehead atoms. The van der Waals surface area contributed by atoms with E-state index >= 15 is 0 Å². The van der Waals surface area contributed by atoms with Crippen LogP contribution in [0.15, 0.2) is 36.5 Å². The summed E-state index contributed by atoms with van der Waals surface area (Å²) in [6.07, 6.45) is 5.72. The maximum atomic E-state index is 13.3. The van der Waals surface area contributed by atoms with E-state index < -0.39 is 40.7 Å². The normalized spacial score (nSPS) is 20.3. The van der Waals surface area contributed by atoms with Crippen LogP contribution in [0.5, 0.6) is 0 Å². The minimum Gasteiger partial charge on any atom is -0.461 e. The molecule has 5 rings (SSSR count). The minimum atomic E-state index is -0.793. The number of aromatic nitrogens is 3. The second kappa shape index (κ2) is 15.1. The molecular weight excluding hydrogens is 644 g/mol. The van der Waals surface area contributed by atoms with Gasteiger partial charge in [0.15, 0.2) is 0 Å². The Morgan fingerprint density at radius 3 is 2.47 bits per heavy atom. The van der Waals surface area contributed by atoms with Crippen LogP contribution in [-0.4, -0.2) is 98.6 Å². The van der Waals surface area contributed by atoms with Crippen molar-refractivity contribution >= 4 is 41.2 Å². The smallest absolute Gasteiger partial charge is 0.302 e. The van der Waals surface area contributed by atoms with E-state index in [1.807, 2.05) is 12.2 Å². The zero-order valence-electron chi connectivity index (χ0n) is 26.9. The van der Waals surface area contributed by atoms with Crippen LogP contribution in [0, 0.1) is 33.8 Å². The average molecular weight is 681 g/mol. The van der Waals surface area contributed by atoms with Crippen molar-refractivity contribution in [3.05, 3.63) is 63.5 Å². The first-order valence-corrected chi connectivity index (χ1v) is 15.6. The van der Waals surface area contributed by atoms with Gasteiger partial charge in [-0.15, -0.1) is 5.10 Å². The number of fused-ring (bicyclic) bond motifs is 5. The third-order valence-electron chi connectivity index (χ3n) is 8.77. The quantitative estimate of drug-likeness (QED) is 0.0452. The highest BCUT2D eigenvalue weighted by Crippen LogP contribution is 2.52. The van der Waals surface area contributed by atoms with Crippen molar-refractivity contribution in [2.45, 2.75) is 39.6 Å². The summed E-state index contributed by atoms with van der Waals surface area (Å²) in [6.45, 7) is 0.753. The Bertz CT molecular complexity index is 1660. The Kier molecular flexibility index (Phi) is 10.8. The molecule has 5 amide bonds. The fraction of sp³-hybridized carbons (Fsp3) is 0.484. The minimum absolute atomic E-state index is 0.0383. The van der Waals surface area contributed by atoms with Crippen molar-refractivity contribution in [3.8, 4) is 0 Å². The summed E-state index contributed by atoms with van der Waals surface area (Å²) in [5, 5.41) is 24.9. The lowest BCUT2D eigenvalue weighted by Crippen LogP contribution is -2.43. The molecule has 2 fully saturated rings. The van der Waals surface area contributed by atoms with Crippen molar-refractivity contribution in [3.63, 3.8) is 0 Å². The Balaban J connectivity index is 1.24. The van der Waals surface area contributed by atoms with E-state index in [0.29, 0.717) is 0 Å². The monoisotopic (exact) mass is 680 g/mol. The fourth-order valence-electron chi connectivity index (χ4n) is 6.52. The predicted molar refractivity (Wildman–Crippen MR) is 165 cm³/mol. The largest absolute Gasteiger partial charge is 0.461 e. The molecule has 18 nitrogen and oxygen atoms in total. The SMILES string of the molecule is COCCNC(=O)CC(=O)N(CCN1C(=O)C2C3C=CC(C3)C2C1=O)Cc1cn(CNC(=O)c2cccc(COC(C)=O)c2[N+](=O)[O-])nn1. The molecule has 1 aliphatic heterocycles. The van der Waals surface area contributed by atoms with Crippen LogP contribution in [0.1, 0.15) is 41.4 Å². The van der Waals surface area contributed by atoms with Gasteiger partial charge in [-0.3, -0.25) is 43.8 Å². The number of hydrogen-bond acceptors (Lipinski definition) is 12. The number of esters is 1. The summed E-state index contributed by atoms with van der Waals surface area (Å²) in [6, 6.07) is 4.06. The van der Waals surface area contributed by atoms with Gasteiger partial charge in [-0.05, 0) is 30.4 Å². The molecule has 1 saturated carbocycles. The van der Waals surface area contributed by atoms with E-state index in [1.54, 1.807) is 0 Å². The number of nitro groups is 1. The number of imide groups is 1. The van der Waals surface area contributed by atoms with E-state index in [-0.39, 0.29) is 98.4 Å². The van der Waals surface area contributed by atoms with Crippen LogP contribution in [0.25, 0.3) is 0 Å². The Morgan fingerprint density at radius 1 is 1.10 bits per heavy atom. The van der Waals surface area contributed by atoms with Crippen molar-refractivity contribution < 1.29 is 43.2 Å². The number of carbonyl (C=O) groups is 6. The van der Waals surface area contributed by atoms with Crippen molar-refractivity contribution in [1.82, 2.24) is 35.4 Å². The molecule has 0 radical (unpaired) electrons. The molecule has 49 heavy (non-hydrogen) atoms. The fourth-order valence-corrected chi connectivity index (χ4v) is 6.52. The number of nitro benzene ring substituents is 1. The van der Waals surface area contributed by atoms with Crippen LogP contribution >= 0.6 is 0 Å². The molecule has 2 N–H and O–H groups in total. The number of ether oxygens (including phenoxy) is 2. The number of rotatable bonds is 16. The van der Waals surface area contributed by atoms with Gasteiger partial charge in [0.1, 0.15) is 31.0 Å². The molecular formula is C31H36N8O10. The zero-order chi connectivity index (χ0) is 35.2. The second-order valence-corrected chi connectivity index (χ2v) is 11.9. The Labute approximate surface area is 279 Å². The highest BCUT2D eigenvalue weighted by Gasteiger charge is 2.59. The number of hydrogen-bond donors (Lipinski definition) is 2. The van der Waals surface area contributed by atoms with Gasteiger partial charge in [0.05, 0.1) is 41.7 Å². The van der Waals surface area contributed by atoms with Crippen LogP contribution in [0.3, 0.4) is 0 Å². The third-order valence-corrected chi connectivity index (χ3v) is 8.77. The Morgan fingerprint density at radius 2 is 1.82 bits per heavy atom. The molecule has 18 heteroatoms.